The van der Waals surface area contributed by atoms with Gasteiger partial charge in [-0.25, -0.2) is 0 Å². The van der Waals surface area contributed by atoms with Crippen LogP contribution < -0.4 is 10.1 Å². The minimum atomic E-state index is -3.39. The summed E-state index contributed by atoms with van der Waals surface area (Å²) >= 11 is 5.82. The topological polar surface area (TPSA) is 79.0 Å². The molecule has 2 rings (SSSR count). The molecule has 1 saturated heterocycles. The van der Waals surface area contributed by atoms with E-state index in [0.29, 0.717) is 36.7 Å². The highest BCUT2D eigenvalue weighted by Crippen LogP contribution is 2.18. The maximum absolute atomic E-state index is 12.3. The zero-order chi connectivity index (χ0) is 18.6. The summed E-state index contributed by atoms with van der Waals surface area (Å²) in [6.07, 6.45) is 0.503. The number of amides is 1. The Morgan fingerprint density at radius 3 is 2.36 bits per heavy atom. The predicted octanol–water partition coefficient (Wildman–Crippen LogP) is 1.49. The second-order valence-electron chi connectivity index (χ2n) is 6.19. The molecule has 1 unspecified atom stereocenters. The number of rotatable bonds is 6. The smallest absolute Gasteiger partial charge is 0.281 e. The highest BCUT2D eigenvalue weighted by molar-refractivity contribution is 7.86. The monoisotopic (exact) mass is 389 g/mol. The van der Waals surface area contributed by atoms with E-state index in [4.69, 9.17) is 16.3 Å². The van der Waals surface area contributed by atoms with Gasteiger partial charge < -0.3 is 10.1 Å². The van der Waals surface area contributed by atoms with Crippen LogP contribution in [0.4, 0.5) is 0 Å². The molecule has 1 aromatic carbocycles. The number of hydrogen-bond acceptors (Lipinski definition) is 4. The average Bonchev–Trinajstić information content (AvgIpc) is 2.57. The molecule has 1 aliphatic heterocycles. The van der Waals surface area contributed by atoms with E-state index in [0.717, 1.165) is 0 Å². The second-order valence-corrected chi connectivity index (χ2v) is 8.76. The Hall–Kier alpha value is -1.35. The number of carbonyl (C=O) groups is 1. The van der Waals surface area contributed by atoms with Gasteiger partial charge in [0.05, 0.1) is 0 Å². The van der Waals surface area contributed by atoms with Gasteiger partial charge in [0.25, 0.3) is 16.1 Å². The number of halogens is 1. The van der Waals surface area contributed by atoms with E-state index in [1.807, 2.05) is 0 Å². The van der Waals surface area contributed by atoms with Gasteiger partial charge in [-0.3, -0.25) is 4.79 Å². The molecule has 1 amide bonds. The van der Waals surface area contributed by atoms with E-state index >= 15 is 0 Å². The van der Waals surface area contributed by atoms with Gasteiger partial charge in [-0.2, -0.15) is 17.0 Å². The summed E-state index contributed by atoms with van der Waals surface area (Å²) in [5, 5.41) is 3.53. The summed E-state index contributed by atoms with van der Waals surface area (Å²) in [6.45, 7) is 2.45. The molecule has 1 N–H and O–H groups in total. The summed E-state index contributed by atoms with van der Waals surface area (Å²) in [4.78, 5) is 12.3. The van der Waals surface area contributed by atoms with Crippen LogP contribution in [0.5, 0.6) is 5.75 Å². The number of nitrogens with one attached hydrogen (secondary N) is 1. The number of benzene rings is 1. The highest BCUT2D eigenvalue weighted by atomic mass is 35.5. The quantitative estimate of drug-likeness (QED) is 0.799. The largest absolute Gasteiger partial charge is 0.481 e. The van der Waals surface area contributed by atoms with Crippen molar-refractivity contribution in [3.8, 4) is 5.75 Å². The first kappa shape index (κ1) is 20.0. The van der Waals surface area contributed by atoms with Crippen molar-refractivity contribution in [2.45, 2.75) is 31.9 Å². The Morgan fingerprint density at radius 1 is 1.28 bits per heavy atom. The lowest BCUT2D eigenvalue weighted by molar-refractivity contribution is -0.128. The van der Waals surface area contributed by atoms with Crippen molar-refractivity contribution in [1.82, 2.24) is 13.9 Å². The third-order valence-electron chi connectivity index (χ3n) is 4.08. The Kier molecular flexibility index (Phi) is 6.67. The van der Waals surface area contributed by atoms with Crippen LogP contribution in [0.3, 0.4) is 0 Å². The fourth-order valence-electron chi connectivity index (χ4n) is 2.55. The van der Waals surface area contributed by atoms with Gasteiger partial charge in [-0.05, 0) is 44.0 Å². The van der Waals surface area contributed by atoms with Crippen LogP contribution in [-0.4, -0.2) is 62.3 Å². The molecule has 9 heteroatoms. The molecule has 0 spiro atoms. The normalized spacial score (nSPS) is 18.1. The van der Waals surface area contributed by atoms with Crippen LogP contribution in [0.15, 0.2) is 24.3 Å². The van der Waals surface area contributed by atoms with Gasteiger partial charge in [0.1, 0.15) is 5.75 Å². The van der Waals surface area contributed by atoms with Crippen LogP contribution in [0.1, 0.15) is 19.8 Å². The van der Waals surface area contributed by atoms with Crippen LogP contribution in [0.2, 0.25) is 5.02 Å². The van der Waals surface area contributed by atoms with Crippen molar-refractivity contribution in [2.24, 2.45) is 0 Å². The van der Waals surface area contributed by atoms with Crippen LogP contribution >= 0.6 is 11.6 Å². The maximum Gasteiger partial charge on any atom is 0.281 e. The Bertz CT molecular complexity index is 686. The van der Waals surface area contributed by atoms with E-state index in [1.165, 1.54) is 22.7 Å². The van der Waals surface area contributed by atoms with Gasteiger partial charge >= 0.3 is 0 Å². The molecule has 140 valence electrons. The molecule has 0 radical (unpaired) electrons. The zero-order valence-electron chi connectivity index (χ0n) is 14.6. The molecule has 1 atom stereocenters. The van der Waals surface area contributed by atoms with Gasteiger partial charge in [0.15, 0.2) is 6.10 Å². The highest BCUT2D eigenvalue weighted by Gasteiger charge is 2.30. The summed E-state index contributed by atoms with van der Waals surface area (Å²) in [6, 6.07) is 6.75. The number of ether oxygens (including phenoxy) is 1. The zero-order valence-corrected chi connectivity index (χ0v) is 16.2. The first-order valence-electron chi connectivity index (χ1n) is 8.10. The number of hydrogen-bond donors (Lipinski definition) is 1. The Balaban J connectivity index is 1.82. The van der Waals surface area contributed by atoms with Crippen molar-refractivity contribution in [3.63, 3.8) is 0 Å². The Morgan fingerprint density at radius 2 is 1.84 bits per heavy atom. The lowest BCUT2D eigenvalue weighted by Gasteiger charge is -2.33. The average molecular weight is 390 g/mol. The van der Waals surface area contributed by atoms with Crippen molar-refractivity contribution < 1.29 is 17.9 Å². The lowest BCUT2D eigenvalue weighted by Crippen LogP contribution is -2.51. The fourth-order valence-corrected chi connectivity index (χ4v) is 3.81. The molecular formula is C16H24ClN3O4S. The standard InChI is InChI=1S/C16H24ClN3O4S/c1-12(24-15-6-4-13(17)5-7-15)16(21)18-14-8-10-20(11-9-14)25(22,23)19(2)3/h4-7,12,14H,8-11H2,1-3H3,(H,18,21). The minimum absolute atomic E-state index is 0.0580. The molecule has 0 bridgehead atoms. The first-order chi connectivity index (χ1) is 11.7. The molecule has 1 fully saturated rings. The molecule has 7 nitrogen and oxygen atoms in total. The van der Waals surface area contributed by atoms with Crippen molar-refractivity contribution in [2.75, 3.05) is 27.2 Å². The van der Waals surface area contributed by atoms with E-state index in [1.54, 1.807) is 31.2 Å². The molecule has 0 aromatic heterocycles. The fraction of sp³-hybridized carbons (Fsp3) is 0.562. The van der Waals surface area contributed by atoms with Gasteiger partial charge in [0, 0.05) is 38.2 Å². The number of carbonyl (C=O) groups excluding carboxylic acids is 1. The summed E-state index contributed by atoms with van der Waals surface area (Å²) in [7, 11) is -0.368. The van der Waals surface area contributed by atoms with Crippen LogP contribution in [0, 0.1) is 0 Å². The van der Waals surface area contributed by atoms with Crippen LogP contribution in [-0.2, 0) is 15.0 Å². The number of nitrogens with zero attached hydrogens (tertiary/aromatic N) is 2. The Labute approximate surface area is 154 Å². The van der Waals surface area contributed by atoms with Crippen molar-refractivity contribution in [3.05, 3.63) is 29.3 Å². The summed E-state index contributed by atoms with van der Waals surface area (Å²) in [5.74, 6) is 0.350. The molecule has 1 heterocycles. The molecule has 1 aromatic rings. The van der Waals surface area contributed by atoms with Crippen molar-refractivity contribution in [1.29, 1.82) is 0 Å². The molecular weight excluding hydrogens is 366 g/mol. The lowest BCUT2D eigenvalue weighted by atomic mass is 10.1. The van der Waals surface area contributed by atoms with Crippen LogP contribution in [0.25, 0.3) is 0 Å². The first-order valence-corrected chi connectivity index (χ1v) is 9.88. The molecule has 0 saturated carbocycles. The maximum atomic E-state index is 12.3. The van der Waals surface area contributed by atoms with Gasteiger partial charge in [-0.15, -0.1) is 0 Å². The van der Waals surface area contributed by atoms with E-state index in [9.17, 15) is 13.2 Å². The molecule has 0 aliphatic carbocycles. The molecule has 25 heavy (non-hydrogen) atoms. The van der Waals surface area contributed by atoms with Crippen molar-refractivity contribution >= 4 is 27.7 Å². The summed E-state index contributed by atoms with van der Waals surface area (Å²) in [5.41, 5.74) is 0. The van der Waals surface area contributed by atoms with E-state index in [-0.39, 0.29) is 11.9 Å². The SMILES string of the molecule is CC(Oc1ccc(Cl)cc1)C(=O)NC1CCN(S(=O)(=O)N(C)C)CC1. The molecule has 1 aliphatic rings. The van der Waals surface area contributed by atoms with Gasteiger partial charge in [-0.1, -0.05) is 11.6 Å². The third-order valence-corrected chi connectivity index (χ3v) is 6.28. The third kappa shape index (κ3) is 5.31. The van der Waals surface area contributed by atoms with Gasteiger partial charge in [0.2, 0.25) is 0 Å². The second kappa shape index (κ2) is 8.35. The minimum Gasteiger partial charge on any atom is -0.481 e. The summed E-state index contributed by atoms with van der Waals surface area (Å²) < 4.78 is 32.4. The van der Waals surface area contributed by atoms with E-state index < -0.39 is 16.3 Å². The predicted molar refractivity (Wildman–Crippen MR) is 96.9 cm³/mol. The van der Waals surface area contributed by atoms with E-state index in [2.05, 4.69) is 5.32 Å². The number of piperidine rings is 1.